The molecule has 0 unspecified atom stereocenters. The van der Waals surface area contributed by atoms with Gasteiger partial charge in [-0.3, -0.25) is 29.0 Å². The van der Waals surface area contributed by atoms with Crippen LogP contribution in [0, 0.1) is 0 Å². The Morgan fingerprint density at radius 3 is 2.31 bits per heavy atom. The molecule has 0 saturated carbocycles. The van der Waals surface area contributed by atoms with E-state index in [0.29, 0.717) is 60.8 Å². The highest BCUT2D eigenvalue weighted by molar-refractivity contribution is 6.30. The van der Waals surface area contributed by atoms with Crippen molar-refractivity contribution in [2.24, 2.45) is 0 Å². The number of aliphatic hydroxyl groups excluding tert-OH is 1. The monoisotopic (exact) mass is 766 g/mol. The number of likely N-dealkylation sites (tertiary alicyclic amines) is 1. The van der Waals surface area contributed by atoms with Gasteiger partial charge in [-0.05, 0) is 72.9 Å². The molecule has 1 fully saturated rings. The maximum atomic E-state index is 14.2. The van der Waals surface area contributed by atoms with Gasteiger partial charge in [-0.1, -0.05) is 66.2 Å². The number of hydrogen-bond donors (Lipinski definition) is 2. The first kappa shape index (κ1) is 37.9. The van der Waals surface area contributed by atoms with Gasteiger partial charge < -0.3 is 29.5 Å². The molecule has 3 aliphatic rings. The van der Waals surface area contributed by atoms with Crippen LogP contribution in [0.1, 0.15) is 51.1 Å². The maximum absolute atomic E-state index is 14.2. The zero-order valence-electron chi connectivity index (χ0n) is 30.3. The fraction of sp³-hybridized carbons (Fsp3) is 0.333. The molecule has 0 aliphatic carbocycles. The Kier molecular flexibility index (Phi) is 12.0. The predicted molar refractivity (Wildman–Crippen MR) is 204 cm³/mol. The van der Waals surface area contributed by atoms with Crippen LogP contribution in [0.5, 0.6) is 17.2 Å². The lowest BCUT2D eigenvalue weighted by Gasteiger charge is -2.40. The lowest BCUT2D eigenvalue weighted by Crippen LogP contribution is -2.55. The summed E-state index contributed by atoms with van der Waals surface area (Å²) in [4.78, 5) is 58.7. The van der Waals surface area contributed by atoms with Crippen molar-refractivity contribution >= 4 is 35.2 Å². The van der Waals surface area contributed by atoms with Gasteiger partial charge in [0.15, 0.2) is 18.1 Å². The smallest absolute Gasteiger partial charge is 0.261 e. The summed E-state index contributed by atoms with van der Waals surface area (Å²) in [7, 11) is 0. The highest BCUT2D eigenvalue weighted by Crippen LogP contribution is 2.33. The van der Waals surface area contributed by atoms with E-state index in [-0.39, 0.29) is 44.9 Å². The standard InChI is InChI=1S/C42H43ClN4O8/c43-30-9-6-10-32(23-30)53-26-39(49)44-35(21-28-7-2-1-3-8-28)36(48)25-47(40(50)17-20-46-41(51)33-11-4-5-12-34(33)42(46)52)31-15-18-45(19-16-31)24-29-13-14-37-38(22-29)55-27-54-37/h1-14,22-23,31,35-36,48H,15-21,24-27H2,(H,44,49)/t35-,36-/m0/s1. The molecule has 286 valence electrons. The number of nitrogens with zero attached hydrogens (tertiary/aromatic N) is 3. The van der Waals surface area contributed by atoms with E-state index in [1.54, 1.807) is 53.4 Å². The van der Waals surface area contributed by atoms with Crippen LogP contribution in [-0.4, -0.2) is 101 Å². The topological polar surface area (TPSA) is 138 Å². The lowest BCUT2D eigenvalue weighted by atomic mass is 9.97. The third-order valence-corrected chi connectivity index (χ3v) is 10.5. The number of nitrogens with one attached hydrogen (secondary N) is 1. The summed E-state index contributed by atoms with van der Waals surface area (Å²) in [5, 5.41) is 15.3. The van der Waals surface area contributed by atoms with E-state index in [1.807, 2.05) is 48.5 Å². The van der Waals surface area contributed by atoms with Gasteiger partial charge in [0, 0.05) is 50.2 Å². The number of carbonyl (C=O) groups is 4. The van der Waals surface area contributed by atoms with E-state index in [2.05, 4.69) is 10.2 Å². The van der Waals surface area contributed by atoms with E-state index >= 15 is 0 Å². The van der Waals surface area contributed by atoms with Gasteiger partial charge in [0.05, 0.1) is 23.3 Å². The van der Waals surface area contributed by atoms with E-state index in [1.165, 1.54) is 0 Å². The van der Waals surface area contributed by atoms with Crippen molar-refractivity contribution in [3.05, 3.63) is 124 Å². The summed E-state index contributed by atoms with van der Waals surface area (Å²) < 4.78 is 16.7. The molecule has 0 aromatic heterocycles. The third-order valence-electron chi connectivity index (χ3n) is 10.2. The second kappa shape index (κ2) is 17.4. The first-order chi connectivity index (χ1) is 26.7. The molecule has 2 atom stereocenters. The normalized spacial score (nSPS) is 16.4. The number of piperidine rings is 1. The number of benzene rings is 4. The summed E-state index contributed by atoms with van der Waals surface area (Å²) in [6, 6.07) is 27.8. The number of aliphatic hydroxyl groups is 1. The van der Waals surface area contributed by atoms with Gasteiger partial charge in [-0.15, -0.1) is 0 Å². The molecular formula is C42H43ClN4O8. The first-order valence-electron chi connectivity index (χ1n) is 18.5. The van der Waals surface area contributed by atoms with Crippen molar-refractivity contribution in [3.8, 4) is 17.2 Å². The molecule has 12 nitrogen and oxygen atoms in total. The third kappa shape index (κ3) is 9.27. The van der Waals surface area contributed by atoms with E-state index in [0.717, 1.165) is 27.5 Å². The first-order valence-corrected chi connectivity index (χ1v) is 18.8. The Morgan fingerprint density at radius 1 is 0.873 bits per heavy atom. The molecule has 0 spiro atoms. The Morgan fingerprint density at radius 2 is 1.58 bits per heavy atom. The zero-order chi connectivity index (χ0) is 38.3. The number of amides is 4. The van der Waals surface area contributed by atoms with Gasteiger partial charge in [-0.2, -0.15) is 0 Å². The van der Waals surface area contributed by atoms with Crippen LogP contribution in [0.3, 0.4) is 0 Å². The molecule has 0 radical (unpaired) electrons. The summed E-state index contributed by atoms with van der Waals surface area (Å²) in [5.74, 6) is 0.294. The average molecular weight is 767 g/mol. The van der Waals surface area contributed by atoms with Crippen LogP contribution in [0.25, 0.3) is 0 Å². The number of rotatable bonds is 15. The van der Waals surface area contributed by atoms with Crippen molar-refractivity contribution in [2.45, 2.75) is 50.4 Å². The summed E-state index contributed by atoms with van der Waals surface area (Å²) in [5.41, 5.74) is 2.62. The minimum Gasteiger partial charge on any atom is -0.484 e. The van der Waals surface area contributed by atoms with E-state index < -0.39 is 29.9 Å². The fourth-order valence-corrected chi connectivity index (χ4v) is 7.55. The van der Waals surface area contributed by atoms with Crippen LogP contribution >= 0.6 is 11.6 Å². The number of ether oxygens (including phenoxy) is 3. The second-order valence-corrected chi connectivity index (χ2v) is 14.4. The van der Waals surface area contributed by atoms with Gasteiger partial charge in [0.1, 0.15) is 5.75 Å². The van der Waals surface area contributed by atoms with Gasteiger partial charge in [0.2, 0.25) is 12.7 Å². The summed E-state index contributed by atoms with van der Waals surface area (Å²) in [6.07, 6.45) is 0.304. The molecule has 2 N–H and O–H groups in total. The lowest BCUT2D eigenvalue weighted by molar-refractivity contribution is -0.137. The predicted octanol–water partition coefficient (Wildman–Crippen LogP) is 4.72. The van der Waals surface area contributed by atoms with Crippen LogP contribution in [0.15, 0.2) is 97.1 Å². The average Bonchev–Trinajstić information content (AvgIpc) is 3.76. The molecule has 3 heterocycles. The number of halogens is 1. The fourth-order valence-electron chi connectivity index (χ4n) is 7.37. The van der Waals surface area contributed by atoms with Crippen molar-refractivity contribution in [1.29, 1.82) is 0 Å². The molecule has 1 saturated heterocycles. The summed E-state index contributed by atoms with van der Waals surface area (Å²) >= 11 is 6.08. The van der Waals surface area contributed by atoms with Gasteiger partial charge in [-0.25, -0.2) is 0 Å². The molecule has 4 aromatic rings. The Balaban J connectivity index is 1.05. The molecule has 4 aromatic carbocycles. The molecule has 7 rings (SSSR count). The number of fused-ring (bicyclic) bond motifs is 2. The quantitative estimate of drug-likeness (QED) is 0.165. The highest BCUT2D eigenvalue weighted by Gasteiger charge is 2.37. The number of carbonyl (C=O) groups excluding carboxylic acids is 4. The van der Waals surface area contributed by atoms with Gasteiger partial charge in [0.25, 0.3) is 17.7 Å². The van der Waals surface area contributed by atoms with E-state index in [4.69, 9.17) is 25.8 Å². The second-order valence-electron chi connectivity index (χ2n) is 14.0. The summed E-state index contributed by atoms with van der Waals surface area (Å²) in [6.45, 7) is 1.84. The SMILES string of the molecule is O=C(COc1cccc(Cl)c1)N[C@@H](Cc1ccccc1)[C@@H](O)CN(C(=O)CCN1C(=O)c2ccccc2C1=O)C1CCN(Cc2ccc3c(c2)OCO3)CC1. The van der Waals surface area contributed by atoms with Gasteiger partial charge >= 0.3 is 0 Å². The van der Waals surface area contributed by atoms with Crippen molar-refractivity contribution in [3.63, 3.8) is 0 Å². The van der Waals surface area contributed by atoms with Crippen molar-refractivity contribution in [2.75, 3.05) is 39.6 Å². The largest absolute Gasteiger partial charge is 0.484 e. The maximum Gasteiger partial charge on any atom is 0.261 e. The number of hydrogen-bond acceptors (Lipinski definition) is 9. The van der Waals surface area contributed by atoms with Crippen molar-refractivity contribution in [1.82, 2.24) is 20.0 Å². The van der Waals surface area contributed by atoms with Crippen LogP contribution in [-0.2, 0) is 22.6 Å². The molecule has 4 amide bonds. The minimum atomic E-state index is -1.16. The molecular weight excluding hydrogens is 724 g/mol. The zero-order valence-corrected chi connectivity index (χ0v) is 31.0. The van der Waals surface area contributed by atoms with Crippen LogP contribution in [0.2, 0.25) is 5.02 Å². The van der Waals surface area contributed by atoms with Crippen molar-refractivity contribution < 1.29 is 38.5 Å². The Hall–Kier alpha value is -5.43. The molecule has 3 aliphatic heterocycles. The van der Waals surface area contributed by atoms with Crippen LogP contribution < -0.4 is 19.5 Å². The minimum absolute atomic E-state index is 0.0687. The molecule has 55 heavy (non-hydrogen) atoms. The number of imide groups is 1. The van der Waals surface area contributed by atoms with Crippen LogP contribution in [0.4, 0.5) is 0 Å². The van der Waals surface area contributed by atoms with E-state index in [9.17, 15) is 24.3 Å². The highest BCUT2D eigenvalue weighted by atomic mass is 35.5. The molecule has 13 heteroatoms. The Labute approximate surface area is 324 Å². The molecule has 0 bridgehead atoms. The Bertz CT molecular complexity index is 1990.